The van der Waals surface area contributed by atoms with Crippen molar-refractivity contribution in [3.8, 4) is 17.6 Å². The molecule has 1 amide bonds. The molecule has 2 heterocycles. The lowest BCUT2D eigenvalue weighted by molar-refractivity contribution is -0.116. The van der Waals surface area contributed by atoms with Crippen LogP contribution in [0.5, 0.6) is 11.5 Å². The van der Waals surface area contributed by atoms with Gasteiger partial charge in [-0.25, -0.2) is 0 Å². The number of carbonyl (C=O) groups is 2. The first-order chi connectivity index (χ1) is 19.8. The van der Waals surface area contributed by atoms with Crippen molar-refractivity contribution in [1.29, 1.82) is 5.26 Å². The van der Waals surface area contributed by atoms with E-state index in [4.69, 9.17) is 15.2 Å². The number of rotatable bonds is 8. The first-order valence-electron chi connectivity index (χ1n) is 12.9. The number of nitrogens with two attached hydrogens (primary N) is 1. The Morgan fingerprint density at radius 1 is 1.22 bits per heavy atom. The number of ether oxygens (including phenoxy) is 2. The van der Waals surface area contributed by atoms with E-state index >= 15 is 0 Å². The van der Waals surface area contributed by atoms with Crippen molar-refractivity contribution in [2.45, 2.75) is 36.4 Å². The molecule has 1 aliphatic carbocycles. The number of hydrogen-bond donors (Lipinski definition) is 2. The topological polar surface area (TPSA) is 143 Å². The summed E-state index contributed by atoms with van der Waals surface area (Å²) >= 11 is 2.48. The Kier molecular flexibility index (Phi) is 8.28. The van der Waals surface area contributed by atoms with Crippen molar-refractivity contribution in [2.24, 2.45) is 5.73 Å². The van der Waals surface area contributed by atoms with E-state index in [1.54, 1.807) is 30.2 Å². The van der Waals surface area contributed by atoms with Gasteiger partial charge in [-0.1, -0.05) is 52.9 Å². The molecule has 1 unspecified atom stereocenters. The van der Waals surface area contributed by atoms with Crippen LogP contribution in [0.1, 0.15) is 36.3 Å². The van der Waals surface area contributed by atoms with Gasteiger partial charge >= 0.3 is 0 Å². The number of nitriles is 1. The van der Waals surface area contributed by atoms with Gasteiger partial charge in [0.15, 0.2) is 10.1 Å². The molecule has 0 radical (unpaired) electrons. The van der Waals surface area contributed by atoms with Crippen molar-refractivity contribution in [3.63, 3.8) is 0 Å². The number of aromatic nitrogens is 2. The maximum Gasteiger partial charge on any atom is 0.234 e. The molecule has 1 atom stereocenters. The fraction of sp³-hybridized carbons (Fsp3) is 0.276. The van der Waals surface area contributed by atoms with Gasteiger partial charge in [-0.3, -0.25) is 14.5 Å². The van der Waals surface area contributed by atoms with E-state index in [1.165, 1.54) is 30.2 Å². The molecule has 2 aromatic carbocycles. The lowest BCUT2D eigenvalue weighted by Crippen LogP contribution is -2.38. The van der Waals surface area contributed by atoms with Gasteiger partial charge in [0.1, 0.15) is 17.3 Å². The molecule has 3 aromatic rings. The van der Waals surface area contributed by atoms with Gasteiger partial charge in [-0.05, 0) is 37.5 Å². The van der Waals surface area contributed by atoms with E-state index in [0.717, 1.165) is 16.8 Å². The molecule has 0 saturated carbocycles. The Morgan fingerprint density at radius 2 is 2.05 bits per heavy atom. The molecule has 0 saturated heterocycles. The van der Waals surface area contributed by atoms with Crippen LogP contribution in [-0.2, 0) is 9.59 Å². The minimum absolute atomic E-state index is 0.00718. The number of Topliss-reactive ketones (excluding diaryl/α,β-unsaturated/α-hetero) is 1. The van der Waals surface area contributed by atoms with Crippen LogP contribution in [-0.4, -0.2) is 41.9 Å². The zero-order valence-corrected chi connectivity index (χ0v) is 24.4. The van der Waals surface area contributed by atoms with Gasteiger partial charge in [0.05, 0.1) is 43.2 Å². The first kappa shape index (κ1) is 28.2. The number of aryl methyl sites for hydroxylation is 1. The van der Waals surface area contributed by atoms with E-state index < -0.39 is 5.92 Å². The molecule has 3 N–H and O–H groups in total. The summed E-state index contributed by atoms with van der Waals surface area (Å²) in [4.78, 5) is 27.7. The monoisotopic (exact) mass is 588 g/mol. The second-order valence-corrected chi connectivity index (χ2v) is 11.7. The van der Waals surface area contributed by atoms with Crippen LogP contribution in [0.15, 0.2) is 69.5 Å². The highest BCUT2D eigenvalue weighted by atomic mass is 32.2. The third kappa shape index (κ3) is 5.64. The Labute approximate surface area is 245 Å². The molecule has 210 valence electrons. The van der Waals surface area contributed by atoms with Crippen LogP contribution >= 0.6 is 23.1 Å². The summed E-state index contributed by atoms with van der Waals surface area (Å²) in [6, 6.07) is 15.2. The minimum atomic E-state index is -0.528. The summed E-state index contributed by atoms with van der Waals surface area (Å²) in [6.07, 6.45) is 1.72. The number of anilines is 2. The largest absolute Gasteiger partial charge is 0.497 e. The number of nitrogens with one attached hydrogen (secondary N) is 1. The van der Waals surface area contributed by atoms with E-state index in [1.807, 2.05) is 31.2 Å². The molecule has 0 fully saturated rings. The summed E-state index contributed by atoms with van der Waals surface area (Å²) in [5, 5.41) is 22.1. The summed E-state index contributed by atoms with van der Waals surface area (Å²) in [5.41, 5.74) is 10.7. The van der Waals surface area contributed by atoms with Gasteiger partial charge in [0.2, 0.25) is 11.0 Å². The zero-order valence-electron chi connectivity index (χ0n) is 22.8. The second-order valence-electron chi connectivity index (χ2n) is 9.48. The predicted molar refractivity (Wildman–Crippen MR) is 158 cm³/mol. The number of methoxy groups -OCH3 is 2. The third-order valence-corrected chi connectivity index (χ3v) is 8.93. The molecule has 2 aliphatic rings. The van der Waals surface area contributed by atoms with Gasteiger partial charge in [0, 0.05) is 23.8 Å². The molecule has 0 spiro atoms. The average Bonchev–Trinajstić information content (AvgIpc) is 3.44. The number of allylic oxidation sites excluding steroid dienone is 3. The van der Waals surface area contributed by atoms with Crippen LogP contribution in [0.4, 0.5) is 10.8 Å². The molecule has 12 heteroatoms. The van der Waals surface area contributed by atoms with Crippen molar-refractivity contribution < 1.29 is 19.1 Å². The molecule has 1 aliphatic heterocycles. The molecular formula is C29H28N6O4S2. The summed E-state index contributed by atoms with van der Waals surface area (Å²) in [6.45, 7) is 1.98. The number of benzene rings is 2. The normalized spacial score (nSPS) is 16.8. The minimum Gasteiger partial charge on any atom is -0.497 e. The number of carbonyl (C=O) groups excluding carboxylic acids is 2. The Morgan fingerprint density at radius 3 is 2.78 bits per heavy atom. The number of ketones is 1. The fourth-order valence-electron chi connectivity index (χ4n) is 5.05. The first-order valence-corrected chi connectivity index (χ1v) is 14.7. The summed E-state index contributed by atoms with van der Waals surface area (Å²) < 4.78 is 11.1. The van der Waals surface area contributed by atoms with E-state index in [0.29, 0.717) is 57.1 Å². The van der Waals surface area contributed by atoms with E-state index in [2.05, 4.69) is 21.6 Å². The highest BCUT2D eigenvalue weighted by Gasteiger charge is 2.41. The van der Waals surface area contributed by atoms with Gasteiger partial charge in [-0.2, -0.15) is 5.26 Å². The maximum absolute atomic E-state index is 13.3. The van der Waals surface area contributed by atoms with Gasteiger partial charge in [-0.15, -0.1) is 10.2 Å². The maximum atomic E-state index is 13.3. The van der Waals surface area contributed by atoms with Crippen molar-refractivity contribution >= 4 is 45.6 Å². The van der Waals surface area contributed by atoms with Crippen LogP contribution in [0.2, 0.25) is 0 Å². The lowest BCUT2D eigenvalue weighted by atomic mass is 9.75. The van der Waals surface area contributed by atoms with Gasteiger partial charge < -0.3 is 20.5 Å². The standard InChI is InChI=1S/C29H28N6O4S2/c1-16-6-4-7-17(12-16)25-19(14-30)27(31)35(21-8-5-9-22(36)26(21)25)28-33-34-29(41-28)40-15-24(37)32-20-11-10-18(38-2)13-23(20)39-3/h4,6-7,10-13,25H,5,8-9,15,31H2,1-3H3,(H,32,37). The molecule has 10 nitrogen and oxygen atoms in total. The molecular weight excluding hydrogens is 560 g/mol. The SMILES string of the molecule is COc1ccc(NC(=O)CSc2nnc(N3C(N)=C(C#N)C(c4cccc(C)c4)C4=C3CCCC4=O)s2)c(OC)c1. The lowest BCUT2D eigenvalue weighted by Gasteiger charge is -2.38. The molecule has 5 rings (SSSR count). The molecule has 41 heavy (non-hydrogen) atoms. The summed E-state index contributed by atoms with van der Waals surface area (Å²) in [7, 11) is 3.07. The van der Waals surface area contributed by atoms with Crippen LogP contribution in [0, 0.1) is 18.3 Å². The average molecular weight is 589 g/mol. The second kappa shape index (κ2) is 12.0. The van der Waals surface area contributed by atoms with Crippen molar-refractivity contribution in [3.05, 3.63) is 76.3 Å². The highest BCUT2D eigenvalue weighted by molar-refractivity contribution is 8.01. The number of hydrogen-bond acceptors (Lipinski definition) is 11. The van der Waals surface area contributed by atoms with Crippen LogP contribution in [0.25, 0.3) is 0 Å². The predicted octanol–water partition coefficient (Wildman–Crippen LogP) is 4.90. The van der Waals surface area contributed by atoms with E-state index in [9.17, 15) is 14.9 Å². The van der Waals surface area contributed by atoms with Gasteiger partial charge in [0.25, 0.3) is 0 Å². The third-order valence-electron chi connectivity index (χ3n) is 6.89. The van der Waals surface area contributed by atoms with Crippen molar-refractivity contribution in [1.82, 2.24) is 10.2 Å². The highest BCUT2D eigenvalue weighted by Crippen LogP contribution is 2.47. The Bertz CT molecular complexity index is 1620. The number of nitrogens with zero attached hydrogens (tertiary/aromatic N) is 4. The number of thioether (sulfide) groups is 1. The smallest absolute Gasteiger partial charge is 0.234 e. The van der Waals surface area contributed by atoms with E-state index in [-0.39, 0.29) is 23.3 Å². The zero-order chi connectivity index (χ0) is 29.1. The molecule has 1 aromatic heterocycles. The van der Waals surface area contributed by atoms with Crippen LogP contribution in [0.3, 0.4) is 0 Å². The molecule has 0 bridgehead atoms. The Hall–Kier alpha value is -4.34. The Balaban J connectivity index is 1.39. The fourth-order valence-corrected chi connectivity index (χ4v) is 6.74. The quantitative estimate of drug-likeness (QED) is 0.349. The van der Waals surface area contributed by atoms with Crippen LogP contribution < -0.4 is 25.4 Å². The van der Waals surface area contributed by atoms with Crippen molar-refractivity contribution in [2.75, 3.05) is 30.2 Å². The summed E-state index contributed by atoms with van der Waals surface area (Å²) in [5.74, 6) is 0.654. The number of amides is 1.